The molecule has 0 aliphatic heterocycles. The third-order valence-corrected chi connectivity index (χ3v) is 3.16. The van der Waals surface area contributed by atoms with Crippen LogP contribution < -0.4 is 5.32 Å². The van der Waals surface area contributed by atoms with Crippen LogP contribution >= 0.6 is 11.6 Å². The van der Waals surface area contributed by atoms with E-state index in [-0.39, 0.29) is 22.5 Å². The van der Waals surface area contributed by atoms with Crippen LogP contribution in [0.4, 0.5) is 4.39 Å². The van der Waals surface area contributed by atoms with E-state index in [1.807, 2.05) is 20.8 Å². The van der Waals surface area contributed by atoms with E-state index in [2.05, 4.69) is 12.2 Å². The van der Waals surface area contributed by atoms with Crippen molar-refractivity contribution in [2.45, 2.75) is 52.2 Å². The second-order valence-electron chi connectivity index (χ2n) is 6.03. The van der Waals surface area contributed by atoms with Gasteiger partial charge in [-0.15, -0.1) is 0 Å². The standard InChI is InChI=1S/C16H25ClFNO/c1-5-8-19-13(11-20-16(2,3)4)9-12-6-7-15(18)14(17)10-12/h6-7,10,13,19H,5,8-9,11H2,1-4H3. The molecule has 0 aromatic heterocycles. The SMILES string of the molecule is CCCNC(COC(C)(C)C)Cc1ccc(F)c(Cl)c1. The summed E-state index contributed by atoms with van der Waals surface area (Å²) in [7, 11) is 0. The van der Waals surface area contributed by atoms with Gasteiger partial charge in [-0.25, -0.2) is 4.39 Å². The van der Waals surface area contributed by atoms with E-state index in [4.69, 9.17) is 16.3 Å². The first kappa shape index (κ1) is 17.4. The van der Waals surface area contributed by atoms with Gasteiger partial charge in [0.1, 0.15) is 5.82 Å². The van der Waals surface area contributed by atoms with Crippen molar-refractivity contribution in [2.24, 2.45) is 0 Å². The van der Waals surface area contributed by atoms with Gasteiger partial charge in [-0.3, -0.25) is 0 Å². The Bertz CT molecular complexity index is 417. The van der Waals surface area contributed by atoms with Gasteiger partial charge in [0.15, 0.2) is 0 Å². The molecule has 0 saturated heterocycles. The van der Waals surface area contributed by atoms with Crippen molar-refractivity contribution in [3.63, 3.8) is 0 Å². The summed E-state index contributed by atoms with van der Waals surface area (Å²) < 4.78 is 19.0. The number of halogens is 2. The van der Waals surface area contributed by atoms with Gasteiger partial charge in [0.25, 0.3) is 0 Å². The second-order valence-corrected chi connectivity index (χ2v) is 6.43. The second kappa shape index (κ2) is 7.96. The minimum Gasteiger partial charge on any atom is -0.374 e. The van der Waals surface area contributed by atoms with E-state index in [9.17, 15) is 4.39 Å². The molecule has 114 valence electrons. The van der Waals surface area contributed by atoms with Crippen LogP contribution in [0.3, 0.4) is 0 Å². The van der Waals surface area contributed by atoms with E-state index >= 15 is 0 Å². The van der Waals surface area contributed by atoms with Crippen molar-refractivity contribution in [2.75, 3.05) is 13.2 Å². The highest BCUT2D eigenvalue weighted by atomic mass is 35.5. The van der Waals surface area contributed by atoms with Gasteiger partial charge in [0.05, 0.1) is 17.2 Å². The monoisotopic (exact) mass is 301 g/mol. The topological polar surface area (TPSA) is 21.3 Å². The number of ether oxygens (including phenoxy) is 1. The molecule has 0 amide bonds. The summed E-state index contributed by atoms with van der Waals surface area (Å²) in [5.41, 5.74) is 0.856. The predicted molar refractivity (Wildman–Crippen MR) is 82.9 cm³/mol. The summed E-state index contributed by atoms with van der Waals surface area (Å²) in [5.74, 6) is -0.376. The number of benzene rings is 1. The fourth-order valence-electron chi connectivity index (χ4n) is 1.84. The van der Waals surface area contributed by atoms with Gasteiger partial charge >= 0.3 is 0 Å². The first-order chi connectivity index (χ1) is 9.31. The quantitative estimate of drug-likeness (QED) is 0.815. The number of rotatable bonds is 7. The lowest BCUT2D eigenvalue weighted by Gasteiger charge is -2.25. The molecular weight excluding hydrogens is 277 g/mol. The molecule has 2 nitrogen and oxygen atoms in total. The highest BCUT2D eigenvalue weighted by molar-refractivity contribution is 6.30. The lowest BCUT2D eigenvalue weighted by molar-refractivity contribution is -0.0143. The van der Waals surface area contributed by atoms with Crippen LogP contribution in [0.25, 0.3) is 0 Å². The van der Waals surface area contributed by atoms with Crippen molar-refractivity contribution in [1.29, 1.82) is 0 Å². The van der Waals surface area contributed by atoms with E-state index < -0.39 is 0 Å². The first-order valence-corrected chi connectivity index (χ1v) is 7.51. The molecule has 0 aliphatic carbocycles. The molecule has 0 heterocycles. The fraction of sp³-hybridized carbons (Fsp3) is 0.625. The van der Waals surface area contributed by atoms with Gasteiger partial charge < -0.3 is 10.1 Å². The molecule has 0 fully saturated rings. The summed E-state index contributed by atoms with van der Waals surface area (Å²) in [6.45, 7) is 9.81. The molecular formula is C16H25ClFNO. The predicted octanol–water partition coefficient (Wildman–Crippen LogP) is 4.20. The number of nitrogens with one attached hydrogen (secondary N) is 1. The van der Waals surface area contributed by atoms with Crippen LogP contribution in [-0.2, 0) is 11.2 Å². The molecule has 4 heteroatoms. The molecule has 1 rings (SSSR count). The fourth-order valence-corrected chi connectivity index (χ4v) is 2.04. The van der Waals surface area contributed by atoms with E-state index in [1.54, 1.807) is 12.1 Å². The minimum absolute atomic E-state index is 0.160. The van der Waals surface area contributed by atoms with Crippen molar-refractivity contribution in [3.8, 4) is 0 Å². The normalized spacial score (nSPS) is 13.5. The Kier molecular flexibility index (Phi) is 6.93. The summed E-state index contributed by atoms with van der Waals surface area (Å²) in [5, 5.41) is 3.64. The Hall–Kier alpha value is -0.640. The summed E-state index contributed by atoms with van der Waals surface area (Å²) >= 11 is 5.82. The third-order valence-electron chi connectivity index (χ3n) is 2.87. The molecule has 1 aromatic rings. The van der Waals surface area contributed by atoms with Gasteiger partial charge in [-0.05, 0) is 57.9 Å². The third kappa shape index (κ3) is 6.69. The van der Waals surface area contributed by atoms with Crippen LogP contribution in [0.5, 0.6) is 0 Å². The minimum atomic E-state index is -0.376. The molecule has 0 spiro atoms. The van der Waals surface area contributed by atoms with Gasteiger partial charge in [0.2, 0.25) is 0 Å². The van der Waals surface area contributed by atoms with Gasteiger partial charge in [-0.1, -0.05) is 24.6 Å². The van der Waals surface area contributed by atoms with Gasteiger partial charge in [0, 0.05) is 6.04 Å². The number of hydrogen-bond acceptors (Lipinski definition) is 2. The smallest absolute Gasteiger partial charge is 0.141 e. The van der Waals surface area contributed by atoms with Crippen LogP contribution in [0.2, 0.25) is 5.02 Å². The van der Waals surface area contributed by atoms with Crippen LogP contribution in [0.1, 0.15) is 39.7 Å². The molecule has 20 heavy (non-hydrogen) atoms. The molecule has 0 bridgehead atoms. The van der Waals surface area contributed by atoms with E-state index in [1.165, 1.54) is 6.07 Å². The zero-order valence-electron chi connectivity index (χ0n) is 12.8. The Labute approximate surface area is 126 Å². The maximum absolute atomic E-state index is 13.2. The average Bonchev–Trinajstić information content (AvgIpc) is 2.36. The maximum atomic E-state index is 13.2. The van der Waals surface area contributed by atoms with Crippen LogP contribution in [-0.4, -0.2) is 24.8 Å². The molecule has 0 aliphatic rings. The maximum Gasteiger partial charge on any atom is 0.141 e. The zero-order chi connectivity index (χ0) is 15.2. The van der Waals surface area contributed by atoms with Crippen molar-refractivity contribution in [1.82, 2.24) is 5.32 Å². The van der Waals surface area contributed by atoms with Crippen molar-refractivity contribution in [3.05, 3.63) is 34.6 Å². The lowest BCUT2D eigenvalue weighted by Crippen LogP contribution is -2.38. The Morgan fingerprint density at radius 3 is 2.60 bits per heavy atom. The lowest BCUT2D eigenvalue weighted by atomic mass is 10.1. The molecule has 1 unspecified atom stereocenters. The Balaban J connectivity index is 2.65. The Morgan fingerprint density at radius 2 is 2.05 bits per heavy atom. The van der Waals surface area contributed by atoms with E-state index in [0.717, 1.165) is 24.9 Å². The molecule has 0 saturated carbocycles. The summed E-state index contributed by atoms with van der Waals surface area (Å²) in [6.07, 6.45) is 1.84. The van der Waals surface area contributed by atoms with Crippen LogP contribution in [0.15, 0.2) is 18.2 Å². The molecule has 0 radical (unpaired) electrons. The van der Waals surface area contributed by atoms with Crippen LogP contribution in [0, 0.1) is 5.82 Å². The first-order valence-electron chi connectivity index (χ1n) is 7.13. The number of hydrogen-bond donors (Lipinski definition) is 1. The van der Waals surface area contributed by atoms with E-state index in [0.29, 0.717) is 6.61 Å². The van der Waals surface area contributed by atoms with Crippen molar-refractivity contribution < 1.29 is 9.13 Å². The molecule has 1 aromatic carbocycles. The van der Waals surface area contributed by atoms with Crippen molar-refractivity contribution >= 4 is 11.6 Å². The zero-order valence-corrected chi connectivity index (χ0v) is 13.6. The highest BCUT2D eigenvalue weighted by Gasteiger charge is 2.16. The summed E-state index contributed by atoms with van der Waals surface area (Å²) in [6, 6.07) is 5.09. The molecule has 1 atom stereocenters. The Morgan fingerprint density at radius 1 is 1.35 bits per heavy atom. The summed E-state index contributed by atoms with van der Waals surface area (Å²) in [4.78, 5) is 0. The largest absolute Gasteiger partial charge is 0.374 e. The average molecular weight is 302 g/mol. The molecule has 1 N–H and O–H groups in total. The highest BCUT2D eigenvalue weighted by Crippen LogP contribution is 2.17. The van der Waals surface area contributed by atoms with Gasteiger partial charge in [-0.2, -0.15) is 0 Å².